The Kier molecular flexibility index (Phi) is 3.83. The van der Waals surface area contributed by atoms with Crippen LogP contribution in [-0.4, -0.2) is 22.0 Å². The van der Waals surface area contributed by atoms with Crippen LogP contribution in [0.4, 0.5) is 0 Å². The second-order valence-electron chi connectivity index (χ2n) is 4.25. The van der Waals surface area contributed by atoms with E-state index in [-0.39, 0.29) is 0 Å². The first-order chi connectivity index (χ1) is 10.3. The number of rotatable bonds is 5. The largest absolute Gasteiger partial charge is 0.496 e. The van der Waals surface area contributed by atoms with Gasteiger partial charge in [-0.05, 0) is 18.2 Å². The van der Waals surface area contributed by atoms with Crippen LogP contribution in [0.25, 0.3) is 11.6 Å². The summed E-state index contributed by atoms with van der Waals surface area (Å²) in [5.41, 5.74) is 1.08. The van der Waals surface area contributed by atoms with Crippen molar-refractivity contribution in [3.63, 3.8) is 0 Å². The van der Waals surface area contributed by atoms with Crippen LogP contribution < -0.4 is 10.6 Å². The van der Waals surface area contributed by atoms with E-state index in [9.17, 15) is 0 Å². The number of furan rings is 1. The topological polar surface area (TPSA) is 79.1 Å². The molecular weight excluding hydrogens is 288 g/mol. The summed E-state index contributed by atoms with van der Waals surface area (Å²) in [4.78, 5) is 0. The van der Waals surface area contributed by atoms with Crippen molar-refractivity contribution >= 4 is 11.8 Å². The van der Waals surface area contributed by atoms with E-state index in [0.29, 0.717) is 22.5 Å². The van der Waals surface area contributed by atoms with Crippen LogP contribution in [0.1, 0.15) is 5.56 Å². The van der Waals surface area contributed by atoms with E-state index in [1.807, 2.05) is 24.3 Å². The Bertz CT molecular complexity index is 724. The lowest BCUT2D eigenvalue weighted by Gasteiger charge is -2.07. The maximum Gasteiger partial charge on any atom is 0.218 e. The Morgan fingerprint density at radius 2 is 2.10 bits per heavy atom. The number of para-hydroxylation sites is 1. The zero-order valence-corrected chi connectivity index (χ0v) is 12.2. The zero-order chi connectivity index (χ0) is 14.7. The fraction of sp³-hybridized carbons (Fsp3) is 0.143. The minimum Gasteiger partial charge on any atom is -0.496 e. The minimum absolute atomic E-state index is 0.502. The van der Waals surface area contributed by atoms with Crippen LogP contribution >= 0.6 is 11.8 Å². The summed E-state index contributed by atoms with van der Waals surface area (Å²) < 4.78 is 12.0. The molecule has 0 bridgehead atoms. The van der Waals surface area contributed by atoms with Crippen LogP contribution in [0.15, 0.2) is 52.2 Å². The highest BCUT2D eigenvalue weighted by Crippen LogP contribution is 2.28. The number of nitrogen functional groups attached to an aromatic ring is 1. The second-order valence-corrected chi connectivity index (χ2v) is 5.20. The van der Waals surface area contributed by atoms with Gasteiger partial charge in [0.1, 0.15) is 5.75 Å². The van der Waals surface area contributed by atoms with Crippen LogP contribution in [0, 0.1) is 0 Å². The van der Waals surface area contributed by atoms with E-state index >= 15 is 0 Å². The molecule has 0 fully saturated rings. The molecule has 0 unspecified atom stereocenters. The summed E-state index contributed by atoms with van der Waals surface area (Å²) in [6.45, 7) is 0. The average Bonchev–Trinajstić information content (AvgIpc) is 3.15. The molecule has 2 heterocycles. The standard InChI is InChI=1S/C14H14N4O2S/c1-19-11-6-3-2-5-10(11)9-21-14-17-16-13(18(14)15)12-7-4-8-20-12/h2-8H,9,15H2,1H3. The normalized spacial score (nSPS) is 10.7. The molecule has 0 atom stereocenters. The van der Waals surface area contributed by atoms with Gasteiger partial charge in [0.05, 0.1) is 13.4 Å². The fourth-order valence-electron chi connectivity index (χ4n) is 1.91. The molecule has 0 saturated heterocycles. The molecule has 7 heteroatoms. The molecule has 2 aromatic heterocycles. The number of aromatic nitrogens is 3. The number of nitrogens with two attached hydrogens (primary N) is 1. The van der Waals surface area contributed by atoms with Gasteiger partial charge < -0.3 is 15.0 Å². The summed E-state index contributed by atoms with van der Waals surface area (Å²) in [7, 11) is 1.66. The van der Waals surface area contributed by atoms with E-state index in [4.69, 9.17) is 15.0 Å². The number of methoxy groups -OCH3 is 1. The summed E-state index contributed by atoms with van der Waals surface area (Å²) in [6, 6.07) is 11.4. The molecule has 0 aliphatic rings. The van der Waals surface area contributed by atoms with Gasteiger partial charge in [-0.25, -0.2) is 4.68 Å². The third-order valence-electron chi connectivity index (χ3n) is 2.96. The molecule has 0 spiro atoms. The smallest absolute Gasteiger partial charge is 0.218 e. The molecule has 3 rings (SSSR count). The number of nitrogens with zero attached hydrogens (tertiary/aromatic N) is 3. The Labute approximate surface area is 125 Å². The SMILES string of the molecule is COc1ccccc1CSc1nnc(-c2ccco2)n1N. The van der Waals surface area contributed by atoms with Crippen molar-refractivity contribution in [2.75, 3.05) is 13.0 Å². The quantitative estimate of drug-likeness (QED) is 0.576. The van der Waals surface area contributed by atoms with E-state index in [1.165, 1.54) is 16.4 Å². The van der Waals surface area contributed by atoms with Gasteiger partial charge in [-0.3, -0.25) is 0 Å². The summed E-state index contributed by atoms with van der Waals surface area (Å²) in [5.74, 6) is 8.64. The molecule has 0 saturated carbocycles. The Hall–Kier alpha value is -2.41. The third kappa shape index (κ3) is 2.73. The van der Waals surface area contributed by atoms with Crippen molar-refractivity contribution in [2.24, 2.45) is 0 Å². The number of thioether (sulfide) groups is 1. The molecule has 1 aromatic carbocycles. The van der Waals surface area contributed by atoms with E-state index in [2.05, 4.69) is 10.2 Å². The summed E-state index contributed by atoms with van der Waals surface area (Å²) in [5, 5.41) is 8.77. The van der Waals surface area contributed by atoms with Gasteiger partial charge in [-0.2, -0.15) is 0 Å². The predicted octanol–water partition coefficient (Wildman–Crippen LogP) is 2.55. The van der Waals surface area contributed by atoms with Crippen molar-refractivity contribution in [3.8, 4) is 17.3 Å². The Morgan fingerprint density at radius 3 is 2.86 bits per heavy atom. The van der Waals surface area contributed by atoms with E-state index in [0.717, 1.165) is 11.3 Å². The molecular formula is C14H14N4O2S. The zero-order valence-electron chi connectivity index (χ0n) is 11.4. The van der Waals surface area contributed by atoms with Gasteiger partial charge in [0.25, 0.3) is 0 Å². The number of benzene rings is 1. The van der Waals surface area contributed by atoms with Gasteiger partial charge in [0.2, 0.25) is 11.0 Å². The van der Waals surface area contributed by atoms with Gasteiger partial charge >= 0.3 is 0 Å². The molecule has 2 N–H and O–H groups in total. The van der Waals surface area contributed by atoms with Crippen molar-refractivity contribution < 1.29 is 9.15 Å². The monoisotopic (exact) mass is 302 g/mol. The highest BCUT2D eigenvalue weighted by molar-refractivity contribution is 7.98. The van der Waals surface area contributed by atoms with Crippen molar-refractivity contribution in [2.45, 2.75) is 10.9 Å². The molecule has 0 amide bonds. The van der Waals surface area contributed by atoms with Gasteiger partial charge in [0, 0.05) is 11.3 Å². The summed E-state index contributed by atoms with van der Waals surface area (Å²) >= 11 is 1.49. The van der Waals surface area contributed by atoms with Crippen molar-refractivity contribution in [1.29, 1.82) is 0 Å². The molecule has 0 aliphatic heterocycles. The van der Waals surface area contributed by atoms with Gasteiger partial charge in [-0.15, -0.1) is 10.2 Å². The lowest BCUT2D eigenvalue weighted by molar-refractivity contribution is 0.411. The molecule has 0 radical (unpaired) electrons. The highest BCUT2D eigenvalue weighted by Gasteiger charge is 2.14. The lowest BCUT2D eigenvalue weighted by Crippen LogP contribution is -2.11. The van der Waals surface area contributed by atoms with Crippen LogP contribution in [0.3, 0.4) is 0 Å². The average molecular weight is 302 g/mol. The van der Waals surface area contributed by atoms with Gasteiger partial charge in [0.15, 0.2) is 5.76 Å². The Balaban J connectivity index is 1.77. The third-order valence-corrected chi connectivity index (χ3v) is 3.95. The van der Waals surface area contributed by atoms with Crippen LogP contribution in [0.2, 0.25) is 0 Å². The fourth-order valence-corrected chi connectivity index (χ4v) is 2.76. The lowest BCUT2D eigenvalue weighted by atomic mass is 10.2. The highest BCUT2D eigenvalue weighted by atomic mass is 32.2. The number of ether oxygens (including phenoxy) is 1. The minimum atomic E-state index is 0.502. The summed E-state index contributed by atoms with van der Waals surface area (Å²) in [6.07, 6.45) is 1.58. The van der Waals surface area contributed by atoms with E-state index < -0.39 is 0 Å². The van der Waals surface area contributed by atoms with Crippen LogP contribution in [-0.2, 0) is 5.75 Å². The maximum absolute atomic E-state index is 6.01. The first-order valence-corrected chi connectivity index (χ1v) is 7.27. The van der Waals surface area contributed by atoms with Crippen LogP contribution in [0.5, 0.6) is 5.75 Å². The molecule has 0 aliphatic carbocycles. The molecule has 21 heavy (non-hydrogen) atoms. The number of hydrogen-bond donors (Lipinski definition) is 1. The van der Waals surface area contributed by atoms with Gasteiger partial charge in [-0.1, -0.05) is 30.0 Å². The molecule has 6 nitrogen and oxygen atoms in total. The maximum atomic E-state index is 6.01. The van der Waals surface area contributed by atoms with Crippen molar-refractivity contribution in [1.82, 2.24) is 14.9 Å². The van der Waals surface area contributed by atoms with Crippen molar-refractivity contribution in [3.05, 3.63) is 48.2 Å². The first-order valence-electron chi connectivity index (χ1n) is 6.28. The molecule has 108 valence electrons. The first kappa shape index (κ1) is 13.6. The Morgan fingerprint density at radius 1 is 1.24 bits per heavy atom. The van der Waals surface area contributed by atoms with E-state index in [1.54, 1.807) is 25.5 Å². The predicted molar refractivity (Wildman–Crippen MR) is 80.4 cm³/mol. The second kappa shape index (κ2) is 5.92. The molecule has 3 aromatic rings. The number of hydrogen-bond acceptors (Lipinski definition) is 6.